The van der Waals surface area contributed by atoms with E-state index in [9.17, 15) is 4.79 Å². The van der Waals surface area contributed by atoms with E-state index in [2.05, 4.69) is 33.4 Å². The third kappa shape index (κ3) is 4.34. The minimum atomic E-state index is -0.141. The molecule has 0 unspecified atom stereocenters. The Morgan fingerprint density at radius 2 is 1.89 bits per heavy atom. The number of aromatic nitrogens is 1. The molecule has 3 heterocycles. The Morgan fingerprint density at radius 3 is 2.77 bits per heavy atom. The van der Waals surface area contributed by atoms with Gasteiger partial charge < -0.3 is 10.1 Å². The van der Waals surface area contributed by atoms with Crippen molar-refractivity contribution in [2.75, 3.05) is 19.7 Å². The van der Waals surface area contributed by atoms with Gasteiger partial charge in [0.25, 0.3) is 5.91 Å². The second-order valence-corrected chi connectivity index (χ2v) is 9.79. The van der Waals surface area contributed by atoms with Crippen molar-refractivity contribution in [2.45, 2.75) is 44.7 Å². The van der Waals surface area contributed by atoms with Crippen molar-refractivity contribution in [1.82, 2.24) is 15.2 Å². The molecule has 1 fully saturated rings. The van der Waals surface area contributed by atoms with Gasteiger partial charge in [-0.05, 0) is 54.2 Å². The van der Waals surface area contributed by atoms with Crippen LogP contribution in [0.3, 0.4) is 0 Å². The number of pyridine rings is 1. The molecule has 6 rings (SSSR count). The zero-order chi connectivity index (χ0) is 23.8. The molecule has 3 aromatic rings. The van der Waals surface area contributed by atoms with Crippen molar-refractivity contribution in [2.24, 2.45) is 0 Å². The molecule has 6 heteroatoms. The lowest BCUT2D eigenvalue weighted by molar-refractivity contribution is 0.0957. The zero-order valence-corrected chi connectivity index (χ0v) is 19.8. The number of amides is 1. The van der Waals surface area contributed by atoms with E-state index in [1.165, 1.54) is 36.8 Å². The molecular formula is C29H30N4O2. The van der Waals surface area contributed by atoms with E-state index in [-0.39, 0.29) is 5.91 Å². The number of carbonyl (C=O) groups is 1. The fourth-order valence-electron chi connectivity index (χ4n) is 5.64. The van der Waals surface area contributed by atoms with Crippen LogP contribution in [0.1, 0.15) is 58.3 Å². The van der Waals surface area contributed by atoms with Gasteiger partial charge in [0.15, 0.2) is 0 Å². The van der Waals surface area contributed by atoms with Crippen molar-refractivity contribution < 1.29 is 9.53 Å². The van der Waals surface area contributed by atoms with E-state index in [1.807, 2.05) is 12.3 Å². The van der Waals surface area contributed by atoms with Crippen LogP contribution in [0.4, 0.5) is 0 Å². The molecule has 2 N–H and O–H groups in total. The third-order valence-electron chi connectivity index (χ3n) is 7.61. The van der Waals surface area contributed by atoms with Crippen LogP contribution in [0.5, 0.6) is 5.75 Å². The van der Waals surface area contributed by atoms with Crippen LogP contribution in [0, 0.1) is 5.41 Å². The molecule has 0 bridgehead atoms. The molecule has 0 radical (unpaired) electrons. The van der Waals surface area contributed by atoms with E-state index in [0.717, 1.165) is 42.2 Å². The van der Waals surface area contributed by atoms with Gasteiger partial charge in [0, 0.05) is 48.2 Å². The molecule has 178 valence electrons. The molecular weight excluding hydrogens is 436 g/mol. The Balaban J connectivity index is 1.24. The molecule has 0 saturated heterocycles. The number of nitrogens with one attached hydrogen (secondary N) is 2. The van der Waals surface area contributed by atoms with Gasteiger partial charge in [0.1, 0.15) is 12.4 Å². The number of hydrogen-bond donors (Lipinski definition) is 2. The minimum Gasteiger partial charge on any atom is -0.491 e. The zero-order valence-electron chi connectivity index (χ0n) is 19.8. The van der Waals surface area contributed by atoms with Crippen molar-refractivity contribution in [3.8, 4) is 16.9 Å². The quantitative estimate of drug-likeness (QED) is 0.552. The number of ether oxygens (including phenoxy) is 1. The second kappa shape index (κ2) is 9.27. The number of rotatable bonds is 4. The maximum Gasteiger partial charge on any atom is 0.255 e. The molecule has 0 spiro atoms. The monoisotopic (exact) mass is 466 g/mol. The first-order valence-electron chi connectivity index (χ1n) is 12.6. The summed E-state index contributed by atoms with van der Waals surface area (Å²) >= 11 is 0. The van der Waals surface area contributed by atoms with Crippen molar-refractivity contribution in [3.05, 3.63) is 82.7 Å². The molecule has 3 aliphatic rings. The molecule has 0 atom stereocenters. The number of fused-ring (bicyclic) bond motifs is 2. The van der Waals surface area contributed by atoms with E-state index in [4.69, 9.17) is 10.1 Å². The SMILES string of the molecule is N=C(c1cncc(-c2ccc3c(c2)CCN(C2CCCC2)C3)c1)c1ccc2c(c1)OCCNC2=O. The van der Waals surface area contributed by atoms with Crippen molar-refractivity contribution in [3.63, 3.8) is 0 Å². The summed E-state index contributed by atoms with van der Waals surface area (Å²) in [4.78, 5) is 19.3. The van der Waals surface area contributed by atoms with Gasteiger partial charge in [-0.2, -0.15) is 0 Å². The predicted molar refractivity (Wildman–Crippen MR) is 136 cm³/mol. The maximum absolute atomic E-state index is 12.2. The molecule has 1 aromatic heterocycles. The van der Waals surface area contributed by atoms with Gasteiger partial charge in [-0.3, -0.25) is 20.1 Å². The van der Waals surface area contributed by atoms with Gasteiger partial charge in [0.2, 0.25) is 0 Å². The van der Waals surface area contributed by atoms with Crippen molar-refractivity contribution in [1.29, 1.82) is 5.41 Å². The van der Waals surface area contributed by atoms with Crippen LogP contribution in [0.2, 0.25) is 0 Å². The molecule has 2 aromatic carbocycles. The summed E-state index contributed by atoms with van der Waals surface area (Å²) in [6.07, 6.45) is 10.1. The van der Waals surface area contributed by atoms with Gasteiger partial charge in [-0.1, -0.05) is 37.1 Å². The lowest BCUT2D eigenvalue weighted by Gasteiger charge is -2.33. The highest BCUT2D eigenvalue weighted by Crippen LogP contribution is 2.31. The first kappa shape index (κ1) is 22.0. The Labute approximate surface area is 205 Å². The van der Waals surface area contributed by atoms with E-state index >= 15 is 0 Å². The highest BCUT2D eigenvalue weighted by Gasteiger charge is 2.26. The number of benzene rings is 2. The van der Waals surface area contributed by atoms with Crippen LogP contribution in [-0.2, 0) is 13.0 Å². The Bertz CT molecular complexity index is 1300. The van der Waals surface area contributed by atoms with Crippen molar-refractivity contribution >= 4 is 11.6 Å². The summed E-state index contributed by atoms with van der Waals surface area (Å²) in [5, 5.41) is 11.6. The average molecular weight is 467 g/mol. The van der Waals surface area contributed by atoms with Crippen LogP contribution in [0.15, 0.2) is 54.9 Å². The Kier molecular flexibility index (Phi) is 5.82. The first-order chi connectivity index (χ1) is 17.2. The lowest BCUT2D eigenvalue weighted by atomic mass is 9.93. The van der Waals surface area contributed by atoms with E-state index in [0.29, 0.717) is 35.7 Å². The van der Waals surface area contributed by atoms with Crippen LogP contribution in [-0.4, -0.2) is 47.2 Å². The topological polar surface area (TPSA) is 78.3 Å². The minimum absolute atomic E-state index is 0.141. The predicted octanol–water partition coefficient (Wildman–Crippen LogP) is 4.59. The molecule has 1 aliphatic carbocycles. The summed E-state index contributed by atoms with van der Waals surface area (Å²) in [5.41, 5.74) is 7.34. The normalized spacial score (nSPS) is 18.2. The largest absolute Gasteiger partial charge is 0.491 e. The third-order valence-corrected chi connectivity index (χ3v) is 7.61. The van der Waals surface area contributed by atoms with Crippen LogP contribution in [0.25, 0.3) is 11.1 Å². The number of nitrogens with zero attached hydrogens (tertiary/aromatic N) is 2. The fraction of sp³-hybridized carbons (Fsp3) is 0.345. The Hall–Kier alpha value is -3.51. The summed E-state index contributed by atoms with van der Waals surface area (Å²) in [5.74, 6) is 0.380. The van der Waals surface area contributed by atoms with Gasteiger partial charge in [-0.25, -0.2) is 0 Å². The Morgan fingerprint density at radius 1 is 1.00 bits per heavy atom. The molecule has 1 amide bonds. The highest BCUT2D eigenvalue weighted by molar-refractivity contribution is 6.12. The fourth-order valence-corrected chi connectivity index (χ4v) is 5.64. The molecule has 1 saturated carbocycles. The first-order valence-corrected chi connectivity index (χ1v) is 12.6. The molecule has 2 aliphatic heterocycles. The lowest BCUT2D eigenvalue weighted by Crippen LogP contribution is -2.37. The summed E-state index contributed by atoms with van der Waals surface area (Å²) in [7, 11) is 0. The highest BCUT2D eigenvalue weighted by atomic mass is 16.5. The van der Waals surface area contributed by atoms with Crippen LogP contribution < -0.4 is 10.1 Å². The van der Waals surface area contributed by atoms with Gasteiger partial charge >= 0.3 is 0 Å². The van der Waals surface area contributed by atoms with Crippen LogP contribution >= 0.6 is 0 Å². The van der Waals surface area contributed by atoms with E-state index in [1.54, 1.807) is 24.4 Å². The molecule has 6 nitrogen and oxygen atoms in total. The number of hydrogen-bond acceptors (Lipinski definition) is 5. The summed E-state index contributed by atoms with van der Waals surface area (Å²) in [6.45, 7) is 3.10. The maximum atomic E-state index is 12.2. The van der Waals surface area contributed by atoms with Gasteiger partial charge in [-0.15, -0.1) is 0 Å². The smallest absolute Gasteiger partial charge is 0.255 e. The summed E-state index contributed by atoms with van der Waals surface area (Å²) < 4.78 is 5.73. The van der Waals surface area contributed by atoms with Gasteiger partial charge in [0.05, 0.1) is 17.8 Å². The number of carbonyl (C=O) groups excluding carboxylic acids is 1. The summed E-state index contributed by atoms with van der Waals surface area (Å²) in [6, 6.07) is 14.9. The van der Waals surface area contributed by atoms with E-state index < -0.39 is 0 Å². The molecule has 35 heavy (non-hydrogen) atoms. The second-order valence-electron chi connectivity index (χ2n) is 9.79. The standard InChI is InChI=1S/C29H30N4O2/c30-28(21-7-8-26-27(15-21)35-12-10-32-29(26)34)24-14-23(16-31-17-24)19-5-6-22-18-33(11-9-20(22)13-19)25-3-1-2-4-25/h5-8,13-17,25,30H,1-4,9-12,18H2,(H,32,34). The average Bonchev–Trinajstić information content (AvgIpc) is 3.38.